The topological polar surface area (TPSA) is 61.4 Å². The van der Waals surface area contributed by atoms with Gasteiger partial charge in [-0.25, -0.2) is 0 Å². The summed E-state index contributed by atoms with van der Waals surface area (Å²) in [7, 11) is 0. The van der Waals surface area contributed by atoms with Crippen molar-refractivity contribution >= 4 is 5.91 Å². The first kappa shape index (κ1) is 15.8. The van der Waals surface area contributed by atoms with E-state index >= 15 is 0 Å². The fraction of sp³-hybridized carbons (Fsp3) is 0.938. The lowest BCUT2D eigenvalue weighted by Crippen LogP contribution is -2.40. The quantitative estimate of drug-likeness (QED) is 0.636. The Labute approximate surface area is 122 Å². The lowest BCUT2D eigenvalue weighted by atomic mass is 9.89. The van der Waals surface area contributed by atoms with Crippen LogP contribution >= 0.6 is 0 Å². The smallest absolute Gasteiger partial charge is 0.220 e. The minimum Gasteiger partial charge on any atom is -0.396 e. The van der Waals surface area contributed by atoms with Gasteiger partial charge in [-0.1, -0.05) is 13.3 Å². The van der Waals surface area contributed by atoms with E-state index in [2.05, 4.69) is 17.6 Å². The summed E-state index contributed by atoms with van der Waals surface area (Å²) >= 11 is 0. The number of aliphatic hydroxyl groups excluding tert-OH is 1. The largest absolute Gasteiger partial charge is 0.396 e. The fourth-order valence-corrected chi connectivity index (χ4v) is 3.87. The van der Waals surface area contributed by atoms with Gasteiger partial charge in [0.15, 0.2) is 0 Å². The molecule has 1 amide bonds. The summed E-state index contributed by atoms with van der Waals surface area (Å²) in [5.74, 6) is 1.20. The molecule has 0 spiro atoms. The summed E-state index contributed by atoms with van der Waals surface area (Å²) in [6, 6.07) is 1.32. The number of piperidine rings is 1. The lowest BCUT2D eigenvalue weighted by Gasteiger charge is -2.28. The molecule has 0 aromatic rings. The maximum absolute atomic E-state index is 12.1. The van der Waals surface area contributed by atoms with Gasteiger partial charge in [-0.05, 0) is 50.4 Å². The summed E-state index contributed by atoms with van der Waals surface area (Å²) in [6.07, 6.45) is 8.59. The molecule has 0 saturated carbocycles. The number of aliphatic hydroxyl groups is 1. The number of amides is 1. The van der Waals surface area contributed by atoms with Gasteiger partial charge in [0.1, 0.15) is 0 Å². The summed E-state index contributed by atoms with van der Waals surface area (Å²) in [4.78, 5) is 12.1. The molecule has 0 radical (unpaired) electrons. The summed E-state index contributed by atoms with van der Waals surface area (Å²) in [5, 5.41) is 15.7. The van der Waals surface area contributed by atoms with Crippen LogP contribution in [0.2, 0.25) is 0 Å². The zero-order valence-corrected chi connectivity index (χ0v) is 12.7. The standard InChI is InChI=1S/C16H30N2O2/c1-2-3-12(6-7-19)11-17-16(20)10-13-8-14-4-5-15(9-13)18-14/h12-15,18-19H,2-11H2,1H3,(H,17,20). The van der Waals surface area contributed by atoms with Crippen LogP contribution in [0, 0.1) is 11.8 Å². The Hall–Kier alpha value is -0.610. The van der Waals surface area contributed by atoms with Crippen LogP contribution in [0.4, 0.5) is 0 Å². The summed E-state index contributed by atoms with van der Waals surface area (Å²) in [5.41, 5.74) is 0. The van der Waals surface area contributed by atoms with Crippen LogP contribution < -0.4 is 10.6 Å². The monoisotopic (exact) mass is 282 g/mol. The van der Waals surface area contributed by atoms with Crippen LogP contribution in [-0.4, -0.2) is 36.2 Å². The van der Waals surface area contributed by atoms with Crippen LogP contribution in [0.1, 0.15) is 58.3 Å². The number of hydrogen-bond donors (Lipinski definition) is 3. The van der Waals surface area contributed by atoms with Crippen molar-refractivity contribution in [2.45, 2.75) is 70.4 Å². The molecule has 2 heterocycles. The predicted molar refractivity (Wildman–Crippen MR) is 80.4 cm³/mol. The van der Waals surface area contributed by atoms with Crippen LogP contribution in [0.15, 0.2) is 0 Å². The third-order valence-electron chi connectivity index (χ3n) is 4.87. The van der Waals surface area contributed by atoms with E-state index in [1.807, 2.05) is 0 Å². The summed E-state index contributed by atoms with van der Waals surface area (Å²) in [6.45, 7) is 3.10. The average molecular weight is 282 g/mol. The van der Waals surface area contributed by atoms with Crippen molar-refractivity contribution in [1.82, 2.24) is 10.6 Å². The highest BCUT2D eigenvalue weighted by Gasteiger charge is 2.34. The molecule has 0 aliphatic carbocycles. The van der Waals surface area contributed by atoms with E-state index in [0.29, 0.717) is 30.3 Å². The van der Waals surface area contributed by atoms with E-state index in [9.17, 15) is 4.79 Å². The molecule has 2 aliphatic rings. The molecule has 2 rings (SSSR count). The zero-order chi connectivity index (χ0) is 14.4. The lowest BCUT2D eigenvalue weighted by molar-refractivity contribution is -0.122. The Morgan fingerprint density at radius 3 is 2.60 bits per heavy atom. The van der Waals surface area contributed by atoms with Crippen LogP contribution in [-0.2, 0) is 4.79 Å². The van der Waals surface area contributed by atoms with Gasteiger partial charge in [-0.2, -0.15) is 0 Å². The number of carbonyl (C=O) groups excluding carboxylic acids is 1. The van der Waals surface area contributed by atoms with Gasteiger partial charge >= 0.3 is 0 Å². The molecule has 3 N–H and O–H groups in total. The highest BCUT2D eigenvalue weighted by atomic mass is 16.3. The predicted octanol–water partition coefficient (Wildman–Crippen LogP) is 1.82. The van der Waals surface area contributed by atoms with Gasteiger partial charge in [0.25, 0.3) is 0 Å². The van der Waals surface area contributed by atoms with Crippen LogP contribution in [0.3, 0.4) is 0 Å². The molecule has 4 nitrogen and oxygen atoms in total. The van der Waals surface area contributed by atoms with Gasteiger partial charge in [0.05, 0.1) is 0 Å². The van der Waals surface area contributed by atoms with Crippen LogP contribution in [0.25, 0.3) is 0 Å². The number of carbonyl (C=O) groups is 1. The molecule has 4 heteroatoms. The molecule has 20 heavy (non-hydrogen) atoms. The molecular weight excluding hydrogens is 252 g/mol. The summed E-state index contributed by atoms with van der Waals surface area (Å²) < 4.78 is 0. The average Bonchev–Trinajstić information content (AvgIpc) is 2.76. The molecule has 0 aromatic heterocycles. The van der Waals surface area contributed by atoms with E-state index in [-0.39, 0.29) is 12.5 Å². The molecule has 0 aromatic carbocycles. The molecule has 2 fully saturated rings. The Bertz CT molecular complexity index is 291. The molecule has 2 saturated heterocycles. The first-order chi connectivity index (χ1) is 9.71. The zero-order valence-electron chi connectivity index (χ0n) is 12.7. The van der Waals surface area contributed by atoms with Crippen molar-refractivity contribution in [3.8, 4) is 0 Å². The third kappa shape index (κ3) is 4.74. The highest BCUT2D eigenvalue weighted by molar-refractivity contribution is 5.76. The second-order valence-corrected chi connectivity index (χ2v) is 6.65. The van der Waals surface area contributed by atoms with Crippen molar-refractivity contribution in [2.24, 2.45) is 11.8 Å². The van der Waals surface area contributed by atoms with Crippen molar-refractivity contribution < 1.29 is 9.90 Å². The molecule has 116 valence electrons. The Morgan fingerprint density at radius 2 is 2.00 bits per heavy atom. The normalized spacial score (nSPS) is 30.2. The number of rotatable bonds is 8. The maximum atomic E-state index is 12.1. The van der Waals surface area contributed by atoms with Gasteiger partial charge in [0.2, 0.25) is 5.91 Å². The minimum absolute atomic E-state index is 0.204. The number of hydrogen-bond acceptors (Lipinski definition) is 3. The maximum Gasteiger partial charge on any atom is 0.220 e. The second kappa shape index (κ2) is 7.99. The van der Waals surface area contributed by atoms with Crippen molar-refractivity contribution in [1.29, 1.82) is 0 Å². The minimum atomic E-state index is 0.204. The Morgan fingerprint density at radius 1 is 1.30 bits per heavy atom. The van der Waals surface area contributed by atoms with E-state index in [1.54, 1.807) is 0 Å². The van der Waals surface area contributed by atoms with Crippen LogP contribution in [0.5, 0.6) is 0 Å². The SMILES string of the molecule is CCCC(CCO)CNC(=O)CC1CC2CCC(C1)N2. The first-order valence-electron chi connectivity index (χ1n) is 8.34. The van der Waals surface area contributed by atoms with Crippen molar-refractivity contribution in [3.05, 3.63) is 0 Å². The van der Waals surface area contributed by atoms with E-state index in [0.717, 1.165) is 25.8 Å². The van der Waals surface area contributed by atoms with E-state index < -0.39 is 0 Å². The van der Waals surface area contributed by atoms with E-state index in [4.69, 9.17) is 5.11 Å². The van der Waals surface area contributed by atoms with E-state index in [1.165, 1.54) is 25.7 Å². The van der Waals surface area contributed by atoms with Gasteiger partial charge < -0.3 is 15.7 Å². The highest BCUT2D eigenvalue weighted by Crippen LogP contribution is 2.32. The Kier molecular flexibility index (Phi) is 6.30. The van der Waals surface area contributed by atoms with Crippen molar-refractivity contribution in [2.75, 3.05) is 13.2 Å². The molecular formula is C16H30N2O2. The number of nitrogens with one attached hydrogen (secondary N) is 2. The Balaban J connectivity index is 1.66. The molecule has 2 bridgehead atoms. The van der Waals surface area contributed by atoms with Gasteiger partial charge in [-0.15, -0.1) is 0 Å². The van der Waals surface area contributed by atoms with Crippen molar-refractivity contribution in [3.63, 3.8) is 0 Å². The van der Waals surface area contributed by atoms with Gasteiger partial charge in [-0.3, -0.25) is 4.79 Å². The second-order valence-electron chi connectivity index (χ2n) is 6.65. The first-order valence-corrected chi connectivity index (χ1v) is 8.34. The molecule has 3 unspecified atom stereocenters. The van der Waals surface area contributed by atoms with Gasteiger partial charge in [0, 0.05) is 31.7 Å². The molecule has 3 atom stereocenters. The molecule has 2 aliphatic heterocycles. The number of fused-ring (bicyclic) bond motifs is 2. The third-order valence-corrected chi connectivity index (χ3v) is 4.87. The fourth-order valence-electron chi connectivity index (χ4n) is 3.87.